The molecule has 1 aromatic rings. The van der Waals surface area contributed by atoms with Gasteiger partial charge in [0.2, 0.25) is 0 Å². The van der Waals surface area contributed by atoms with E-state index in [1.54, 1.807) is 12.1 Å². The van der Waals surface area contributed by atoms with Gasteiger partial charge in [-0.2, -0.15) is 0 Å². The highest BCUT2D eigenvalue weighted by molar-refractivity contribution is 8.00. The normalized spacial score (nSPS) is 22.1. The number of hydrogen-bond donors (Lipinski definition) is 1. The Balaban J connectivity index is 1.49. The van der Waals surface area contributed by atoms with Crippen molar-refractivity contribution in [3.63, 3.8) is 0 Å². The predicted octanol–water partition coefficient (Wildman–Crippen LogP) is 2.61. The first-order valence-electron chi connectivity index (χ1n) is 6.90. The van der Waals surface area contributed by atoms with E-state index in [2.05, 4.69) is 15.4 Å². The van der Waals surface area contributed by atoms with Crippen molar-refractivity contribution in [2.75, 3.05) is 26.2 Å². The summed E-state index contributed by atoms with van der Waals surface area (Å²) < 4.78 is 0. The highest BCUT2D eigenvalue weighted by Gasteiger charge is 2.28. The molecule has 102 valence electrons. The molecule has 2 heterocycles. The molecular formula is C14H19N3OS. The summed E-state index contributed by atoms with van der Waals surface area (Å²) in [6.45, 7) is 4.77. The first-order chi connectivity index (χ1) is 9.35. The van der Waals surface area contributed by atoms with Crippen molar-refractivity contribution in [1.29, 1.82) is 0 Å². The topological polar surface area (TPSA) is 44.7 Å². The van der Waals surface area contributed by atoms with E-state index in [0.717, 1.165) is 19.1 Å². The molecule has 4 nitrogen and oxygen atoms in total. The van der Waals surface area contributed by atoms with Gasteiger partial charge in [0.1, 0.15) is 5.69 Å². The Morgan fingerprint density at radius 3 is 2.37 bits per heavy atom. The maximum absolute atomic E-state index is 10.4. The van der Waals surface area contributed by atoms with Crippen LogP contribution in [0, 0.1) is 4.91 Å². The van der Waals surface area contributed by atoms with Crippen molar-refractivity contribution in [1.82, 2.24) is 10.2 Å². The van der Waals surface area contributed by atoms with Crippen LogP contribution >= 0.6 is 11.8 Å². The molecule has 0 aliphatic carbocycles. The van der Waals surface area contributed by atoms with Gasteiger partial charge in [-0.1, -0.05) is 0 Å². The van der Waals surface area contributed by atoms with Gasteiger partial charge in [0.15, 0.2) is 0 Å². The second-order valence-electron chi connectivity index (χ2n) is 5.25. The molecule has 3 rings (SSSR count). The van der Waals surface area contributed by atoms with Crippen LogP contribution in [0.3, 0.4) is 0 Å². The number of rotatable bonds is 4. The fourth-order valence-corrected chi connectivity index (χ4v) is 3.79. The van der Waals surface area contributed by atoms with Crippen LogP contribution in [0.2, 0.25) is 0 Å². The Bertz CT molecular complexity index is 425. The molecule has 2 fully saturated rings. The summed E-state index contributed by atoms with van der Waals surface area (Å²) in [4.78, 5) is 14.2. The molecular weight excluding hydrogens is 258 g/mol. The molecule has 2 saturated heterocycles. The second kappa shape index (κ2) is 6.03. The quantitative estimate of drug-likeness (QED) is 0.859. The number of piperidine rings is 1. The van der Waals surface area contributed by atoms with Gasteiger partial charge in [-0.3, -0.25) is 4.90 Å². The smallest absolute Gasteiger partial charge is 0.108 e. The highest BCUT2D eigenvalue weighted by atomic mass is 32.2. The molecule has 19 heavy (non-hydrogen) atoms. The molecule has 1 N–H and O–H groups in total. The Morgan fingerprint density at radius 2 is 1.84 bits per heavy atom. The lowest BCUT2D eigenvalue weighted by molar-refractivity contribution is 0.123. The van der Waals surface area contributed by atoms with Gasteiger partial charge in [-0.15, -0.1) is 16.7 Å². The van der Waals surface area contributed by atoms with Gasteiger partial charge in [0, 0.05) is 29.3 Å². The van der Waals surface area contributed by atoms with E-state index in [-0.39, 0.29) is 0 Å². The zero-order valence-corrected chi connectivity index (χ0v) is 11.7. The summed E-state index contributed by atoms with van der Waals surface area (Å²) in [7, 11) is 0. The second-order valence-corrected chi connectivity index (χ2v) is 6.62. The third-order valence-corrected chi connectivity index (χ3v) is 5.35. The number of nitrogens with one attached hydrogen (secondary N) is 1. The molecule has 5 heteroatoms. The molecule has 0 unspecified atom stereocenters. The fraction of sp³-hybridized carbons (Fsp3) is 0.571. The third kappa shape index (κ3) is 3.16. The minimum Gasteiger partial charge on any atom is -0.314 e. The summed E-state index contributed by atoms with van der Waals surface area (Å²) in [6, 6.07) is 8.38. The molecule has 0 atom stereocenters. The van der Waals surface area contributed by atoms with E-state index in [1.165, 1.54) is 30.8 Å². The fourth-order valence-electron chi connectivity index (χ4n) is 2.67. The van der Waals surface area contributed by atoms with E-state index in [9.17, 15) is 4.91 Å². The van der Waals surface area contributed by atoms with Gasteiger partial charge in [-0.25, -0.2) is 0 Å². The molecule has 1 aromatic carbocycles. The zero-order valence-electron chi connectivity index (χ0n) is 10.9. The zero-order chi connectivity index (χ0) is 13.1. The number of nitrogens with zero attached hydrogens (tertiary/aromatic N) is 2. The maximum atomic E-state index is 10.4. The average Bonchev–Trinajstić information content (AvgIpc) is 2.40. The van der Waals surface area contributed by atoms with E-state index in [0.29, 0.717) is 10.9 Å². The first-order valence-corrected chi connectivity index (χ1v) is 7.78. The number of hydrogen-bond acceptors (Lipinski definition) is 5. The number of likely N-dealkylation sites (tertiary alicyclic amines) is 1. The van der Waals surface area contributed by atoms with Crippen LogP contribution < -0.4 is 5.32 Å². The first kappa shape index (κ1) is 13.1. The molecule has 0 radical (unpaired) electrons. The van der Waals surface area contributed by atoms with E-state index >= 15 is 0 Å². The molecule has 2 aliphatic heterocycles. The van der Waals surface area contributed by atoms with Crippen molar-refractivity contribution in [2.45, 2.75) is 29.0 Å². The molecule has 0 bridgehead atoms. The minimum atomic E-state index is 0.511. The lowest BCUT2D eigenvalue weighted by atomic mass is 10.0. The van der Waals surface area contributed by atoms with Gasteiger partial charge >= 0.3 is 0 Å². The average molecular weight is 277 g/mol. The van der Waals surface area contributed by atoms with Gasteiger partial charge in [-0.05, 0) is 55.4 Å². The summed E-state index contributed by atoms with van der Waals surface area (Å²) in [5, 5.41) is 6.98. The summed E-state index contributed by atoms with van der Waals surface area (Å²) in [5.41, 5.74) is 0.511. The van der Waals surface area contributed by atoms with E-state index in [1.807, 2.05) is 23.9 Å². The third-order valence-electron chi connectivity index (χ3n) is 4.00. The van der Waals surface area contributed by atoms with Gasteiger partial charge < -0.3 is 5.32 Å². The van der Waals surface area contributed by atoms with Crippen LogP contribution in [-0.2, 0) is 0 Å². The largest absolute Gasteiger partial charge is 0.314 e. The SMILES string of the molecule is O=Nc1ccc(SC2CCN(C3CNC3)CC2)cc1. The van der Waals surface area contributed by atoms with Crippen molar-refractivity contribution < 1.29 is 0 Å². The van der Waals surface area contributed by atoms with Crippen LogP contribution in [0.15, 0.2) is 34.3 Å². The van der Waals surface area contributed by atoms with Crippen LogP contribution in [0.25, 0.3) is 0 Å². The standard InChI is InChI=1S/C14H19N3OS/c18-16-11-1-3-13(4-2-11)19-14-5-7-17(8-6-14)12-9-15-10-12/h1-4,12,14-15H,5-10H2. The Labute approximate surface area is 117 Å². The van der Waals surface area contributed by atoms with Crippen molar-refractivity contribution in [3.8, 4) is 0 Å². The van der Waals surface area contributed by atoms with Crippen molar-refractivity contribution in [3.05, 3.63) is 29.2 Å². The molecule has 0 spiro atoms. The Hall–Kier alpha value is -0.910. The molecule has 0 aromatic heterocycles. The minimum absolute atomic E-state index is 0.511. The van der Waals surface area contributed by atoms with Crippen LogP contribution in [0.4, 0.5) is 5.69 Å². The number of nitroso groups, excluding NO2 is 1. The number of thioether (sulfide) groups is 1. The summed E-state index contributed by atoms with van der Waals surface area (Å²) in [5.74, 6) is 0. The van der Waals surface area contributed by atoms with E-state index < -0.39 is 0 Å². The van der Waals surface area contributed by atoms with E-state index in [4.69, 9.17) is 0 Å². The Kier molecular flexibility index (Phi) is 4.15. The van der Waals surface area contributed by atoms with Gasteiger partial charge in [0.05, 0.1) is 0 Å². The predicted molar refractivity (Wildman–Crippen MR) is 79.0 cm³/mol. The summed E-state index contributed by atoms with van der Waals surface area (Å²) >= 11 is 1.94. The lowest BCUT2D eigenvalue weighted by Gasteiger charge is -2.42. The lowest BCUT2D eigenvalue weighted by Crippen LogP contribution is -2.58. The molecule has 0 saturated carbocycles. The number of benzene rings is 1. The molecule has 0 amide bonds. The van der Waals surface area contributed by atoms with Crippen LogP contribution in [0.5, 0.6) is 0 Å². The van der Waals surface area contributed by atoms with Crippen molar-refractivity contribution >= 4 is 17.4 Å². The monoisotopic (exact) mass is 277 g/mol. The summed E-state index contributed by atoms with van der Waals surface area (Å²) in [6.07, 6.45) is 2.52. The van der Waals surface area contributed by atoms with Crippen LogP contribution in [0.1, 0.15) is 12.8 Å². The van der Waals surface area contributed by atoms with Crippen molar-refractivity contribution in [2.24, 2.45) is 5.18 Å². The molecule has 2 aliphatic rings. The van der Waals surface area contributed by atoms with Crippen LogP contribution in [-0.4, -0.2) is 42.4 Å². The Morgan fingerprint density at radius 1 is 1.16 bits per heavy atom. The maximum Gasteiger partial charge on any atom is 0.108 e. The van der Waals surface area contributed by atoms with Gasteiger partial charge in [0.25, 0.3) is 0 Å². The highest BCUT2D eigenvalue weighted by Crippen LogP contribution is 2.32.